The Morgan fingerprint density at radius 3 is 2.72 bits per heavy atom. The fourth-order valence-electron chi connectivity index (χ4n) is 4.89. The van der Waals surface area contributed by atoms with Crippen molar-refractivity contribution in [1.29, 1.82) is 0 Å². The molecule has 2 unspecified atom stereocenters. The second-order valence-corrected chi connectivity index (χ2v) is 10.5. The van der Waals surface area contributed by atoms with Crippen LogP contribution in [-0.4, -0.2) is 72.6 Å². The minimum Gasteiger partial charge on any atom is -0.468 e. The highest BCUT2D eigenvalue weighted by Crippen LogP contribution is 2.32. The predicted octanol–water partition coefficient (Wildman–Crippen LogP) is 3.92. The summed E-state index contributed by atoms with van der Waals surface area (Å²) < 4.78 is 17.5. The monoisotopic (exact) mass is 581 g/mol. The number of hydrogen-bond acceptors (Lipinski definition) is 9. The number of halogens is 2. The third-order valence-electron chi connectivity index (χ3n) is 6.83. The van der Waals surface area contributed by atoms with E-state index >= 15 is 0 Å². The molecule has 1 aromatic carbocycles. The number of ether oxygens (including phenoxy) is 3. The quantitative estimate of drug-likeness (QED) is 0.463. The van der Waals surface area contributed by atoms with Gasteiger partial charge in [0.05, 0.1) is 29.7 Å². The van der Waals surface area contributed by atoms with Crippen molar-refractivity contribution in [3.05, 3.63) is 39.5 Å². The fourth-order valence-corrected chi connectivity index (χ4v) is 5.21. The van der Waals surface area contributed by atoms with Crippen LogP contribution in [0, 0.1) is 5.92 Å². The summed E-state index contributed by atoms with van der Waals surface area (Å²) in [5, 5.41) is 4.19. The first-order chi connectivity index (χ1) is 18.7. The predicted molar refractivity (Wildman–Crippen MR) is 146 cm³/mol. The molecule has 0 spiro atoms. The Balaban J connectivity index is 1.67. The Bertz CT molecular complexity index is 1220. The van der Waals surface area contributed by atoms with E-state index < -0.39 is 5.97 Å². The minimum atomic E-state index is -0.531. The molecular formula is C26H33Cl2N5O6. The average Bonchev–Trinajstić information content (AvgIpc) is 3.26. The maximum absolute atomic E-state index is 14.0. The number of aromatic nitrogens is 2. The van der Waals surface area contributed by atoms with Gasteiger partial charge >= 0.3 is 11.9 Å². The van der Waals surface area contributed by atoms with Crippen molar-refractivity contribution in [2.75, 3.05) is 44.4 Å². The summed E-state index contributed by atoms with van der Waals surface area (Å²) in [6.07, 6.45) is 2.96. The lowest BCUT2D eigenvalue weighted by Crippen LogP contribution is -2.40. The third-order valence-corrected chi connectivity index (χ3v) is 7.57. The highest BCUT2D eigenvalue weighted by atomic mass is 35.5. The number of nitrogens with zero attached hydrogens (tertiary/aromatic N) is 4. The van der Waals surface area contributed by atoms with Gasteiger partial charge in [-0.25, -0.2) is 0 Å². The molecule has 2 atom stereocenters. The SMILES string of the molecule is CCOC(=O)C1CCCC(Nc2nc3c(n2CC(=O)OC)C(=O)N(Cc2ccc(Cl)c(Cl)c2)COCN3C)C1. The number of carbonyl (C=O) groups is 3. The summed E-state index contributed by atoms with van der Waals surface area (Å²) in [4.78, 5) is 46.7. The van der Waals surface area contributed by atoms with Crippen molar-refractivity contribution in [2.45, 2.75) is 51.7 Å². The fraction of sp³-hybridized carbons (Fsp3) is 0.538. The van der Waals surface area contributed by atoms with E-state index in [9.17, 15) is 14.4 Å². The lowest BCUT2D eigenvalue weighted by molar-refractivity contribution is -0.149. The van der Waals surface area contributed by atoms with Crippen molar-refractivity contribution < 1.29 is 28.6 Å². The van der Waals surface area contributed by atoms with Gasteiger partial charge < -0.3 is 29.3 Å². The molecule has 1 fully saturated rings. The van der Waals surface area contributed by atoms with Crippen LogP contribution in [-0.2, 0) is 36.9 Å². The Morgan fingerprint density at radius 1 is 1.21 bits per heavy atom. The lowest BCUT2D eigenvalue weighted by Gasteiger charge is -2.29. The summed E-state index contributed by atoms with van der Waals surface area (Å²) in [5.74, 6) is -0.629. The largest absolute Gasteiger partial charge is 0.468 e. The Kier molecular flexibility index (Phi) is 9.58. The molecule has 2 heterocycles. The molecule has 4 rings (SSSR count). The molecule has 1 aromatic heterocycles. The van der Waals surface area contributed by atoms with Gasteiger partial charge in [-0.05, 0) is 43.9 Å². The number of benzene rings is 1. The highest BCUT2D eigenvalue weighted by Gasteiger charge is 2.34. The molecule has 11 nitrogen and oxygen atoms in total. The van der Waals surface area contributed by atoms with Crippen LogP contribution < -0.4 is 10.2 Å². The molecular weight excluding hydrogens is 549 g/mol. The molecule has 1 amide bonds. The molecule has 2 aromatic rings. The zero-order valence-corrected chi connectivity index (χ0v) is 23.8. The zero-order chi connectivity index (χ0) is 28.1. The molecule has 0 bridgehead atoms. The second kappa shape index (κ2) is 12.9. The van der Waals surface area contributed by atoms with Crippen LogP contribution in [0.5, 0.6) is 0 Å². The van der Waals surface area contributed by atoms with Crippen molar-refractivity contribution >= 4 is 52.8 Å². The number of nitrogens with one attached hydrogen (secondary N) is 1. The Labute approximate surface area is 237 Å². The van der Waals surface area contributed by atoms with E-state index in [1.165, 1.54) is 12.0 Å². The summed E-state index contributed by atoms with van der Waals surface area (Å²) in [6.45, 7) is 2.28. The maximum atomic E-state index is 14.0. The third kappa shape index (κ3) is 6.77. The molecule has 1 N–H and O–H groups in total. The van der Waals surface area contributed by atoms with Gasteiger partial charge in [-0.1, -0.05) is 35.7 Å². The topological polar surface area (TPSA) is 115 Å². The highest BCUT2D eigenvalue weighted by molar-refractivity contribution is 6.42. The normalized spacial score (nSPS) is 19.7. The van der Waals surface area contributed by atoms with Crippen LogP contribution in [0.1, 0.15) is 48.7 Å². The number of carbonyl (C=O) groups excluding carboxylic acids is 3. The van der Waals surface area contributed by atoms with Gasteiger partial charge in [0.1, 0.15) is 20.0 Å². The first-order valence-corrected chi connectivity index (χ1v) is 13.6. The number of amides is 1. The van der Waals surface area contributed by atoms with Crippen LogP contribution in [0.15, 0.2) is 18.2 Å². The number of fused-ring (bicyclic) bond motifs is 1. The van der Waals surface area contributed by atoms with Gasteiger partial charge in [-0.3, -0.25) is 19.0 Å². The van der Waals surface area contributed by atoms with E-state index in [-0.39, 0.29) is 56.1 Å². The summed E-state index contributed by atoms with van der Waals surface area (Å²) in [5.41, 5.74) is 0.993. The van der Waals surface area contributed by atoms with E-state index in [0.29, 0.717) is 34.8 Å². The number of methoxy groups -OCH3 is 1. The van der Waals surface area contributed by atoms with Gasteiger partial charge in [0.15, 0.2) is 11.5 Å². The number of anilines is 2. The molecule has 1 saturated carbocycles. The van der Waals surface area contributed by atoms with Crippen LogP contribution in [0.4, 0.5) is 11.8 Å². The zero-order valence-electron chi connectivity index (χ0n) is 22.2. The Hall–Kier alpha value is -3.02. The molecule has 39 heavy (non-hydrogen) atoms. The summed E-state index contributed by atoms with van der Waals surface area (Å²) in [6, 6.07) is 5.06. The van der Waals surface area contributed by atoms with Crippen LogP contribution in [0.25, 0.3) is 0 Å². The minimum absolute atomic E-state index is 0.0128. The number of imidazole rings is 1. The number of hydrogen-bond donors (Lipinski definition) is 1. The van der Waals surface area contributed by atoms with Gasteiger partial charge in [0.2, 0.25) is 5.95 Å². The van der Waals surface area contributed by atoms with Crippen LogP contribution in [0.2, 0.25) is 10.0 Å². The molecule has 0 radical (unpaired) electrons. The first-order valence-electron chi connectivity index (χ1n) is 12.8. The maximum Gasteiger partial charge on any atom is 0.325 e. The molecule has 1 aliphatic carbocycles. The molecule has 13 heteroatoms. The van der Waals surface area contributed by atoms with E-state index in [0.717, 1.165) is 24.8 Å². The molecule has 1 aliphatic heterocycles. The van der Waals surface area contributed by atoms with E-state index in [4.69, 9.17) is 42.4 Å². The smallest absolute Gasteiger partial charge is 0.325 e. The van der Waals surface area contributed by atoms with Crippen molar-refractivity contribution in [2.24, 2.45) is 5.92 Å². The van der Waals surface area contributed by atoms with Gasteiger partial charge in [0.25, 0.3) is 5.91 Å². The van der Waals surface area contributed by atoms with Gasteiger partial charge in [-0.2, -0.15) is 4.98 Å². The van der Waals surface area contributed by atoms with Crippen LogP contribution in [0.3, 0.4) is 0 Å². The summed E-state index contributed by atoms with van der Waals surface area (Å²) >= 11 is 12.3. The second-order valence-electron chi connectivity index (χ2n) is 9.64. The summed E-state index contributed by atoms with van der Waals surface area (Å²) in [7, 11) is 3.05. The standard InChI is InChI=1S/C26H33Cl2N5O6/c1-4-39-25(36)17-6-5-7-18(11-17)29-26-30-23-22(33(26)13-21(34)37-3)24(35)32(15-38-14-31(23)2)12-16-8-9-19(27)20(28)10-16/h8-10,17-18H,4-7,11-15H2,1-3H3,(H,29,30). The Morgan fingerprint density at radius 2 is 2.00 bits per heavy atom. The first kappa shape index (κ1) is 29.0. The molecule has 0 saturated heterocycles. The van der Waals surface area contributed by atoms with Crippen molar-refractivity contribution in [1.82, 2.24) is 14.5 Å². The van der Waals surface area contributed by atoms with E-state index in [2.05, 4.69) is 5.32 Å². The average molecular weight is 582 g/mol. The van der Waals surface area contributed by atoms with Gasteiger partial charge in [0, 0.05) is 19.6 Å². The lowest BCUT2D eigenvalue weighted by atomic mass is 9.86. The van der Waals surface area contributed by atoms with E-state index in [1.807, 2.05) is 0 Å². The van der Waals surface area contributed by atoms with E-state index in [1.54, 1.807) is 41.6 Å². The van der Waals surface area contributed by atoms with Gasteiger partial charge in [-0.15, -0.1) is 0 Å². The number of esters is 2. The molecule has 212 valence electrons. The van der Waals surface area contributed by atoms with Crippen molar-refractivity contribution in [3.8, 4) is 0 Å². The van der Waals surface area contributed by atoms with Crippen LogP contribution >= 0.6 is 23.2 Å². The van der Waals surface area contributed by atoms with Crippen molar-refractivity contribution in [3.63, 3.8) is 0 Å². The molecule has 2 aliphatic rings. The number of rotatable bonds is 8.